The molecule has 2 fully saturated rings. The van der Waals surface area contributed by atoms with E-state index in [1.54, 1.807) is 32.0 Å². The SMILES string of the molecule is COC(=O)[C@H]1O[C@@H](C#Cc2cc(CC(=O)[C@H](C)NC(=O)[C@@H](CC(=O)OCC3c4ccccc4-c4ccccc43)C(C)C)ccc2CO[Si](C)(C)C(C)(C)C)[C@H](OC(C)=O)[C@@H](OC(C)=O)[C@@H]1OC(C)=O.COC(=O)[C@H]1O[C@@H](CCc2cc(CC(=O)[C@H](C)NC(=O)[C@@H](CC(=O)OCC3c4ccccc4-c4ccccc43)C(C)C)ccc2CO[Si](C)(C)C(C)(C)C)[C@H](OC(C)=O)[C@@H](OC(C)=O)[C@@H]1OC(C)=O. The van der Waals surface area contributed by atoms with Crippen molar-refractivity contribution in [3.8, 4) is 34.1 Å². The lowest BCUT2D eigenvalue weighted by Crippen LogP contribution is -2.63. The van der Waals surface area contributed by atoms with Gasteiger partial charge in [0.2, 0.25) is 11.8 Å². The second kappa shape index (κ2) is 48.1. The third kappa shape index (κ3) is 28.7. The van der Waals surface area contributed by atoms with Gasteiger partial charge in [0.1, 0.15) is 13.2 Å². The molecule has 0 unspecified atom stereocenters. The lowest BCUT2D eigenvalue weighted by Gasteiger charge is -2.43. The third-order valence-corrected chi connectivity index (χ3v) is 35.3. The number of rotatable bonds is 37. The van der Waals surface area contributed by atoms with Crippen LogP contribution in [0.1, 0.15) is 211 Å². The number of esters is 10. The van der Waals surface area contributed by atoms with Gasteiger partial charge in [0, 0.05) is 71.8 Å². The third-order valence-electron chi connectivity index (χ3n) is 26.4. The van der Waals surface area contributed by atoms with E-state index < -0.39 is 173 Å². The molecule has 0 aromatic heterocycles. The predicted octanol–water partition coefficient (Wildman–Crippen LogP) is 14.4. The molecule has 0 saturated carbocycles. The first-order chi connectivity index (χ1) is 64.8. The number of nitrogens with one attached hydrogen (secondary N) is 2. The van der Waals surface area contributed by atoms with E-state index in [-0.39, 0.29) is 110 Å². The number of carbonyl (C=O) groups is 14. The number of aryl methyl sites for hydroxylation is 1. The van der Waals surface area contributed by atoms with Gasteiger partial charge in [-0.3, -0.25) is 57.5 Å². The standard InChI is InChI=1S/C53H69NO14Si.C53H65NO14Si/c2*1-30(2)42(27-46(59)63-29-43-40-19-15-13-17-38(40)39-18-14-16-20-41(39)43)51(60)54-31(3)44(58)26-35-21-22-37(28-64-69(11,12)53(7,8)9)36(25-35)23-24-45-47(65-32(4)55)48(66-33(5)56)49(67-34(6)57)50(68-45)52(61)62-10/h13-22,25,30-31,42-43,45,47-50H,23-24,26-29H2,1-12H3,(H,54,60);13-22,25,30-31,42-43,45,47-50H,26-29H2,1-12H3,(H,54,60)/t2*31-,42-,45-,47-,48+,49-,50-/m00/s1. The summed E-state index contributed by atoms with van der Waals surface area (Å²) in [4.78, 5) is 182. The summed E-state index contributed by atoms with van der Waals surface area (Å²) in [6.07, 6.45) is -14.5. The molecule has 30 nitrogen and oxygen atoms in total. The van der Waals surface area contributed by atoms with E-state index in [0.717, 1.165) is 104 Å². The highest BCUT2D eigenvalue weighted by molar-refractivity contribution is 6.74. The zero-order valence-electron chi connectivity index (χ0n) is 83.6. The molecule has 0 spiro atoms. The number of fused-ring (bicyclic) bond motifs is 6. The van der Waals surface area contributed by atoms with Crippen molar-refractivity contribution >= 4 is 99.7 Å². The first-order valence-corrected chi connectivity index (χ1v) is 52.5. The number of methoxy groups -OCH3 is 2. The number of ketones is 2. The molecular formula is C106H134N2O28Si2. The van der Waals surface area contributed by atoms with Crippen molar-refractivity contribution in [2.24, 2.45) is 23.7 Å². The first kappa shape index (κ1) is 110. The fourth-order valence-electron chi connectivity index (χ4n) is 16.7. The Balaban J connectivity index is 0.000000309. The number of amides is 2. The summed E-state index contributed by atoms with van der Waals surface area (Å²) in [5.41, 5.74) is 12.6. The van der Waals surface area contributed by atoms with Gasteiger partial charge in [-0.1, -0.05) is 208 Å². The monoisotopic (exact) mass is 1940 g/mol. The van der Waals surface area contributed by atoms with Crippen LogP contribution in [0.4, 0.5) is 0 Å². The van der Waals surface area contributed by atoms with E-state index in [2.05, 4.69) is 114 Å². The molecular weight excluding hydrogens is 1810 g/mol. The largest absolute Gasteiger partial charge is 0.467 e. The summed E-state index contributed by atoms with van der Waals surface area (Å²) in [5, 5.41) is 5.45. The van der Waals surface area contributed by atoms with Crippen LogP contribution in [0.3, 0.4) is 0 Å². The molecule has 2 saturated heterocycles. The highest BCUT2D eigenvalue weighted by Crippen LogP contribution is 2.48. The molecule has 0 bridgehead atoms. The van der Waals surface area contributed by atoms with Crippen LogP contribution >= 0.6 is 0 Å². The summed E-state index contributed by atoms with van der Waals surface area (Å²) in [6.45, 7) is 39.2. The number of benzene rings is 6. The molecule has 10 rings (SSSR count). The quantitative estimate of drug-likeness (QED) is 0.0158. The average Bonchev–Trinajstić information content (AvgIpc) is 1.65. The topological polar surface area (TPSA) is 392 Å². The van der Waals surface area contributed by atoms with Gasteiger partial charge in [-0.05, 0) is 153 Å². The number of ether oxygens (including phenoxy) is 12. The number of Topliss-reactive ketones (excluding diaryl/α,β-unsaturated/α-hetero) is 2. The van der Waals surface area contributed by atoms with Crippen LogP contribution in [0.15, 0.2) is 133 Å². The maximum Gasteiger partial charge on any atom is 0.339 e. The molecule has 2 N–H and O–H groups in total. The Hall–Kier alpha value is -11.9. The van der Waals surface area contributed by atoms with Crippen molar-refractivity contribution in [3.05, 3.63) is 189 Å². The minimum atomic E-state index is -2.30. The van der Waals surface area contributed by atoms with E-state index in [1.165, 1.54) is 6.92 Å². The van der Waals surface area contributed by atoms with Crippen molar-refractivity contribution in [3.63, 3.8) is 0 Å². The van der Waals surface area contributed by atoms with Crippen LogP contribution in [0.2, 0.25) is 36.3 Å². The van der Waals surface area contributed by atoms with Gasteiger partial charge < -0.3 is 76.3 Å². The smallest absolute Gasteiger partial charge is 0.339 e. The van der Waals surface area contributed by atoms with E-state index in [1.807, 2.05) is 119 Å². The van der Waals surface area contributed by atoms with Crippen molar-refractivity contribution in [1.29, 1.82) is 0 Å². The minimum Gasteiger partial charge on any atom is -0.467 e. The zero-order valence-corrected chi connectivity index (χ0v) is 85.6. The Morgan fingerprint density at radius 1 is 0.413 bits per heavy atom. The van der Waals surface area contributed by atoms with Gasteiger partial charge in [0.15, 0.2) is 83.1 Å². The van der Waals surface area contributed by atoms with E-state index in [4.69, 9.17) is 65.7 Å². The van der Waals surface area contributed by atoms with Crippen LogP contribution in [-0.4, -0.2) is 200 Å². The minimum absolute atomic E-state index is 0.0461. The zero-order chi connectivity index (χ0) is 102. The van der Waals surface area contributed by atoms with Crippen LogP contribution in [0.5, 0.6) is 0 Å². The molecule has 2 heterocycles. The Morgan fingerprint density at radius 2 is 0.754 bits per heavy atom. The highest BCUT2D eigenvalue weighted by atomic mass is 28.4. The van der Waals surface area contributed by atoms with Crippen molar-refractivity contribution in [2.75, 3.05) is 27.4 Å². The van der Waals surface area contributed by atoms with Crippen LogP contribution in [0, 0.1) is 35.5 Å². The van der Waals surface area contributed by atoms with Gasteiger partial charge in [0.05, 0.1) is 70.3 Å². The second-order valence-corrected chi connectivity index (χ2v) is 48.9. The maximum atomic E-state index is 13.9. The molecule has 4 aliphatic rings. The van der Waals surface area contributed by atoms with Gasteiger partial charge >= 0.3 is 59.7 Å². The van der Waals surface area contributed by atoms with Crippen LogP contribution < -0.4 is 10.6 Å². The van der Waals surface area contributed by atoms with E-state index in [9.17, 15) is 67.1 Å². The fraction of sp³-hybridized carbons (Fsp3) is 0.509. The summed E-state index contributed by atoms with van der Waals surface area (Å²) in [6, 6.07) is 41.2. The molecule has 2 aliphatic carbocycles. The molecule has 138 heavy (non-hydrogen) atoms. The summed E-state index contributed by atoms with van der Waals surface area (Å²) < 4.78 is 80.2. The molecule has 6 aromatic carbocycles. The lowest BCUT2D eigenvalue weighted by molar-refractivity contribution is -0.249. The Morgan fingerprint density at radius 3 is 1.13 bits per heavy atom. The van der Waals surface area contributed by atoms with Crippen molar-refractivity contribution in [1.82, 2.24) is 10.6 Å². The van der Waals surface area contributed by atoms with Gasteiger partial charge in [0.25, 0.3) is 0 Å². The number of hydrogen-bond donors (Lipinski definition) is 2. The molecule has 2 aliphatic heterocycles. The molecule has 14 atom stereocenters. The summed E-state index contributed by atoms with van der Waals surface area (Å²) >= 11 is 0. The molecule has 2 amide bonds. The molecule has 744 valence electrons. The predicted molar refractivity (Wildman–Crippen MR) is 515 cm³/mol. The Kier molecular flexibility index (Phi) is 38.3. The fourth-order valence-corrected chi connectivity index (χ4v) is 18.6. The second-order valence-electron chi connectivity index (χ2n) is 39.2. The Bertz CT molecular complexity index is 5430. The van der Waals surface area contributed by atoms with E-state index in [0.29, 0.717) is 22.3 Å². The summed E-state index contributed by atoms with van der Waals surface area (Å²) in [7, 11) is -2.32. The van der Waals surface area contributed by atoms with Gasteiger partial charge in [-0.25, -0.2) is 9.59 Å². The van der Waals surface area contributed by atoms with Crippen LogP contribution in [-0.2, 0) is 165 Å². The molecule has 6 aromatic rings. The first-order valence-electron chi connectivity index (χ1n) is 46.7. The van der Waals surface area contributed by atoms with Crippen LogP contribution in [0.25, 0.3) is 22.3 Å². The normalized spacial score (nSPS) is 19.8. The number of carbonyl (C=O) groups excluding carboxylic acids is 14. The van der Waals surface area contributed by atoms with Gasteiger partial charge in [-0.2, -0.15) is 0 Å². The Labute approximate surface area is 810 Å². The van der Waals surface area contributed by atoms with Crippen molar-refractivity contribution < 1.29 is 133 Å². The number of hydrogen-bond acceptors (Lipinski definition) is 28. The molecule has 0 radical (unpaired) electrons. The summed E-state index contributed by atoms with van der Waals surface area (Å²) in [5.74, 6) is -5.33. The molecule has 32 heteroatoms. The average molecular weight is 1940 g/mol. The van der Waals surface area contributed by atoms with Crippen molar-refractivity contribution in [2.45, 2.75) is 298 Å². The lowest BCUT2D eigenvalue weighted by atomic mass is 9.89. The maximum absolute atomic E-state index is 13.9. The highest BCUT2D eigenvalue weighted by Gasteiger charge is 2.57. The van der Waals surface area contributed by atoms with Gasteiger partial charge in [-0.15, -0.1) is 0 Å². The van der Waals surface area contributed by atoms with E-state index >= 15 is 0 Å².